The molecular formula is C15H22N2. The van der Waals surface area contributed by atoms with E-state index in [1.807, 2.05) is 0 Å². The summed E-state index contributed by atoms with van der Waals surface area (Å²) in [5.41, 5.74) is 2.86. The summed E-state index contributed by atoms with van der Waals surface area (Å²) in [5, 5.41) is 0. The zero-order valence-electron chi connectivity index (χ0n) is 10.7. The van der Waals surface area contributed by atoms with Crippen LogP contribution in [-0.4, -0.2) is 9.97 Å². The van der Waals surface area contributed by atoms with Crippen LogP contribution in [0.1, 0.15) is 74.5 Å². The van der Waals surface area contributed by atoms with Crippen LogP contribution in [0.2, 0.25) is 0 Å². The number of aromatic amines is 1. The van der Waals surface area contributed by atoms with Crippen molar-refractivity contribution in [2.24, 2.45) is 11.8 Å². The standard InChI is InChI=1S/C15H22N2/c1-9-3-2-4-13-14(9)17-15(16-13)12-8-10-5-6-11(12)7-10/h9-12H,2-8H2,1H3,(H,16,17). The molecule has 2 saturated carbocycles. The zero-order chi connectivity index (χ0) is 11.4. The van der Waals surface area contributed by atoms with E-state index in [0.29, 0.717) is 5.92 Å². The van der Waals surface area contributed by atoms with Crippen molar-refractivity contribution in [2.75, 3.05) is 0 Å². The summed E-state index contributed by atoms with van der Waals surface area (Å²) in [4.78, 5) is 8.66. The number of aromatic nitrogens is 2. The molecule has 4 atom stereocenters. The minimum Gasteiger partial charge on any atom is -0.345 e. The first kappa shape index (κ1) is 10.2. The maximum atomic E-state index is 4.98. The minimum atomic E-state index is 0.683. The molecule has 0 amide bonds. The molecule has 92 valence electrons. The molecule has 2 nitrogen and oxygen atoms in total. The van der Waals surface area contributed by atoms with Gasteiger partial charge >= 0.3 is 0 Å². The van der Waals surface area contributed by atoms with E-state index in [1.165, 1.54) is 62.2 Å². The Balaban J connectivity index is 1.66. The largest absolute Gasteiger partial charge is 0.345 e. The van der Waals surface area contributed by atoms with Crippen molar-refractivity contribution in [1.82, 2.24) is 9.97 Å². The molecule has 0 radical (unpaired) electrons. The van der Waals surface area contributed by atoms with Crippen LogP contribution in [-0.2, 0) is 6.42 Å². The summed E-state index contributed by atoms with van der Waals surface area (Å²) in [6.45, 7) is 2.34. The lowest BCUT2D eigenvalue weighted by Crippen LogP contribution is -2.10. The highest BCUT2D eigenvalue weighted by atomic mass is 15.0. The topological polar surface area (TPSA) is 28.7 Å². The van der Waals surface area contributed by atoms with Crippen molar-refractivity contribution in [3.05, 3.63) is 17.2 Å². The Morgan fingerprint density at radius 2 is 2.12 bits per heavy atom. The Bertz CT molecular complexity index is 434. The second kappa shape index (κ2) is 3.60. The minimum absolute atomic E-state index is 0.683. The van der Waals surface area contributed by atoms with Crippen LogP contribution in [0.25, 0.3) is 0 Å². The fourth-order valence-corrected chi connectivity index (χ4v) is 4.52. The van der Waals surface area contributed by atoms with Crippen molar-refractivity contribution in [2.45, 2.75) is 63.7 Å². The van der Waals surface area contributed by atoms with E-state index in [0.717, 1.165) is 17.8 Å². The number of aryl methyl sites for hydroxylation is 1. The number of H-pyrrole nitrogens is 1. The summed E-state index contributed by atoms with van der Waals surface area (Å²) < 4.78 is 0. The van der Waals surface area contributed by atoms with Crippen LogP contribution in [0.3, 0.4) is 0 Å². The average molecular weight is 230 g/mol. The molecule has 3 aliphatic rings. The van der Waals surface area contributed by atoms with Gasteiger partial charge in [0.15, 0.2) is 0 Å². The Morgan fingerprint density at radius 3 is 2.82 bits per heavy atom. The van der Waals surface area contributed by atoms with E-state index < -0.39 is 0 Å². The predicted octanol–water partition coefficient (Wildman–Crippen LogP) is 3.75. The van der Waals surface area contributed by atoms with Crippen LogP contribution in [0.5, 0.6) is 0 Å². The molecule has 2 fully saturated rings. The normalized spacial score (nSPS) is 39.6. The lowest BCUT2D eigenvalue weighted by molar-refractivity contribution is 0.407. The molecule has 1 aromatic rings. The molecule has 1 heterocycles. The number of imidazole rings is 1. The molecule has 3 aliphatic carbocycles. The first-order chi connectivity index (χ1) is 8.31. The molecule has 0 aliphatic heterocycles. The second-order valence-corrected chi connectivity index (χ2v) is 6.56. The van der Waals surface area contributed by atoms with Crippen molar-refractivity contribution in [3.8, 4) is 0 Å². The molecule has 17 heavy (non-hydrogen) atoms. The maximum Gasteiger partial charge on any atom is 0.109 e. The molecule has 0 spiro atoms. The molecule has 1 aromatic heterocycles. The fraction of sp³-hybridized carbons (Fsp3) is 0.800. The first-order valence-electron chi connectivity index (χ1n) is 7.40. The highest BCUT2D eigenvalue weighted by molar-refractivity contribution is 5.24. The van der Waals surface area contributed by atoms with Crippen molar-refractivity contribution >= 4 is 0 Å². The first-order valence-corrected chi connectivity index (χ1v) is 7.40. The third-order valence-corrected chi connectivity index (χ3v) is 5.45. The van der Waals surface area contributed by atoms with E-state index in [2.05, 4.69) is 11.9 Å². The number of rotatable bonds is 1. The van der Waals surface area contributed by atoms with Crippen molar-refractivity contribution in [1.29, 1.82) is 0 Å². The lowest BCUT2D eigenvalue weighted by Gasteiger charge is -2.19. The van der Waals surface area contributed by atoms with Gasteiger partial charge in [0.25, 0.3) is 0 Å². The van der Waals surface area contributed by atoms with Crippen LogP contribution >= 0.6 is 0 Å². The molecule has 4 unspecified atom stereocenters. The predicted molar refractivity (Wildman–Crippen MR) is 68.1 cm³/mol. The molecule has 0 saturated heterocycles. The third kappa shape index (κ3) is 1.49. The number of nitrogens with one attached hydrogen (secondary N) is 1. The molecular weight excluding hydrogens is 208 g/mol. The SMILES string of the molecule is CC1CCCc2[nH]c(C3CC4CCC3C4)nc21. The maximum absolute atomic E-state index is 4.98. The smallest absolute Gasteiger partial charge is 0.109 e. The summed E-state index contributed by atoms with van der Waals surface area (Å²) in [6, 6.07) is 0. The van der Waals surface area contributed by atoms with Gasteiger partial charge in [-0.3, -0.25) is 0 Å². The second-order valence-electron chi connectivity index (χ2n) is 6.56. The molecule has 1 N–H and O–H groups in total. The van der Waals surface area contributed by atoms with E-state index >= 15 is 0 Å². The van der Waals surface area contributed by atoms with E-state index in [4.69, 9.17) is 4.98 Å². The fourth-order valence-electron chi connectivity index (χ4n) is 4.52. The Hall–Kier alpha value is -0.790. The molecule has 4 rings (SSSR count). The number of hydrogen-bond acceptors (Lipinski definition) is 1. The van der Waals surface area contributed by atoms with Crippen LogP contribution < -0.4 is 0 Å². The van der Waals surface area contributed by atoms with E-state index in [-0.39, 0.29) is 0 Å². The average Bonchev–Trinajstić information content (AvgIpc) is 3.03. The quantitative estimate of drug-likeness (QED) is 0.782. The van der Waals surface area contributed by atoms with Gasteiger partial charge in [-0.25, -0.2) is 4.98 Å². The summed E-state index contributed by atoms with van der Waals surface area (Å²) in [5.74, 6) is 4.76. The number of hydrogen-bond donors (Lipinski definition) is 1. The van der Waals surface area contributed by atoms with Crippen LogP contribution in [0, 0.1) is 11.8 Å². The number of nitrogens with zero attached hydrogens (tertiary/aromatic N) is 1. The molecule has 2 heteroatoms. The van der Waals surface area contributed by atoms with Gasteiger partial charge in [0.1, 0.15) is 5.82 Å². The van der Waals surface area contributed by atoms with Gasteiger partial charge in [-0.15, -0.1) is 0 Å². The molecule has 0 aromatic carbocycles. The van der Waals surface area contributed by atoms with Crippen LogP contribution in [0.15, 0.2) is 0 Å². The van der Waals surface area contributed by atoms with Crippen molar-refractivity contribution < 1.29 is 0 Å². The third-order valence-electron chi connectivity index (χ3n) is 5.45. The summed E-state index contributed by atoms with van der Waals surface area (Å²) in [7, 11) is 0. The highest BCUT2D eigenvalue weighted by Gasteiger charge is 2.42. The van der Waals surface area contributed by atoms with Gasteiger partial charge in [-0.05, 0) is 50.4 Å². The number of fused-ring (bicyclic) bond motifs is 3. The van der Waals surface area contributed by atoms with Gasteiger partial charge in [-0.1, -0.05) is 13.3 Å². The monoisotopic (exact) mass is 230 g/mol. The van der Waals surface area contributed by atoms with Gasteiger partial charge in [0.2, 0.25) is 0 Å². The Kier molecular flexibility index (Phi) is 2.15. The van der Waals surface area contributed by atoms with Gasteiger partial charge in [0.05, 0.1) is 5.69 Å². The Morgan fingerprint density at radius 1 is 1.18 bits per heavy atom. The van der Waals surface area contributed by atoms with Gasteiger partial charge in [0, 0.05) is 17.5 Å². The van der Waals surface area contributed by atoms with Gasteiger partial charge < -0.3 is 4.98 Å². The summed E-state index contributed by atoms with van der Waals surface area (Å²) in [6.07, 6.45) is 9.72. The Labute approximate surface area is 103 Å². The van der Waals surface area contributed by atoms with Gasteiger partial charge in [-0.2, -0.15) is 0 Å². The zero-order valence-corrected chi connectivity index (χ0v) is 10.7. The van der Waals surface area contributed by atoms with Crippen LogP contribution in [0.4, 0.5) is 0 Å². The highest BCUT2D eigenvalue weighted by Crippen LogP contribution is 2.52. The molecule has 2 bridgehead atoms. The summed E-state index contributed by atoms with van der Waals surface area (Å²) >= 11 is 0. The van der Waals surface area contributed by atoms with Crippen molar-refractivity contribution in [3.63, 3.8) is 0 Å². The van der Waals surface area contributed by atoms with E-state index in [9.17, 15) is 0 Å². The van der Waals surface area contributed by atoms with E-state index in [1.54, 1.807) is 0 Å². The lowest BCUT2D eigenvalue weighted by atomic mass is 9.88.